The second-order valence-electron chi connectivity index (χ2n) is 7.15. The van der Waals surface area contributed by atoms with Crippen LogP contribution in [0.2, 0.25) is 0 Å². The molecule has 8 heteroatoms. The highest BCUT2D eigenvalue weighted by Crippen LogP contribution is 2.32. The summed E-state index contributed by atoms with van der Waals surface area (Å²) in [7, 11) is -4.19. The van der Waals surface area contributed by atoms with E-state index in [0.717, 1.165) is 25.3 Å². The maximum atomic E-state index is 14.0. The van der Waals surface area contributed by atoms with Gasteiger partial charge in [0.15, 0.2) is 0 Å². The number of sulfone groups is 1. The first-order chi connectivity index (χ1) is 14.4. The van der Waals surface area contributed by atoms with E-state index in [2.05, 4.69) is 4.98 Å². The zero-order valence-corrected chi connectivity index (χ0v) is 16.8. The second-order valence-corrected chi connectivity index (χ2v) is 9.04. The lowest BCUT2D eigenvalue weighted by molar-refractivity contribution is 0.0720. The highest BCUT2D eigenvalue weighted by atomic mass is 32.2. The van der Waals surface area contributed by atoms with E-state index in [1.807, 2.05) is 6.07 Å². The standard InChI is InChI=1S/C22H18FN3O3S/c23-16-6-9-20-18(12-16)21(30(28,29)17-7-4-15(13-24)5-8-17)19(14-25-20)22(27)26-10-2-1-3-11-26/h4-9,12,14H,1-3,10-11H2. The van der Waals surface area contributed by atoms with E-state index < -0.39 is 21.6 Å². The minimum absolute atomic E-state index is 0.0576. The first kappa shape index (κ1) is 20.0. The van der Waals surface area contributed by atoms with E-state index >= 15 is 0 Å². The molecule has 4 rings (SSSR count). The van der Waals surface area contributed by atoms with Crippen LogP contribution in [0.15, 0.2) is 58.5 Å². The van der Waals surface area contributed by atoms with E-state index in [9.17, 15) is 17.6 Å². The molecule has 2 heterocycles. The smallest absolute Gasteiger partial charge is 0.256 e. The highest BCUT2D eigenvalue weighted by molar-refractivity contribution is 7.91. The van der Waals surface area contributed by atoms with Crippen molar-refractivity contribution in [3.05, 3.63) is 65.6 Å². The molecule has 1 aliphatic rings. The number of nitriles is 1. The Kier molecular flexibility index (Phi) is 5.22. The van der Waals surface area contributed by atoms with Gasteiger partial charge in [-0.25, -0.2) is 12.8 Å². The number of carbonyl (C=O) groups excluding carboxylic acids is 1. The van der Waals surface area contributed by atoms with Gasteiger partial charge >= 0.3 is 0 Å². The van der Waals surface area contributed by atoms with E-state index in [4.69, 9.17) is 5.26 Å². The summed E-state index contributed by atoms with van der Waals surface area (Å²) in [5.41, 5.74) is 0.516. The predicted octanol–water partition coefficient (Wildman–Crippen LogP) is 3.70. The number of hydrogen-bond donors (Lipinski definition) is 0. The van der Waals surface area contributed by atoms with Crippen LogP contribution >= 0.6 is 0 Å². The Morgan fingerprint density at radius 2 is 1.77 bits per heavy atom. The van der Waals surface area contributed by atoms with E-state index in [1.165, 1.54) is 42.6 Å². The van der Waals surface area contributed by atoms with Crippen molar-refractivity contribution in [3.8, 4) is 6.07 Å². The molecule has 3 aromatic rings. The van der Waals surface area contributed by atoms with Gasteiger partial charge in [0.05, 0.1) is 32.5 Å². The molecule has 0 bridgehead atoms. The fraction of sp³-hybridized carbons (Fsp3) is 0.227. The molecule has 0 unspecified atom stereocenters. The summed E-state index contributed by atoms with van der Waals surface area (Å²) >= 11 is 0. The minimum atomic E-state index is -4.19. The van der Waals surface area contributed by atoms with Crippen molar-refractivity contribution in [3.63, 3.8) is 0 Å². The largest absolute Gasteiger partial charge is 0.339 e. The van der Waals surface area contributed by atoms with Crippen molar-refractivity contribution in [2.45, 2.75) is 29.1 Å². The molecule has 1 amide bonds. The van der Waals surface area contributed by atoms with Gasteiger partial charge in [0, 0.05) is 24.7 Å². The average Bonchev–Trinajstić information content (AvgIpc) is 2.78. The number of piperidine rings is 1. The van der Waals surface area contributed by atoms with Crippen LogP contribution in [-0.2, 0) is 9.84 Å². The van der Waals surface area contributed by atoms with Crippen LogP contribution < -0.4 is 0 Å². The molecule has 0 saturated carbocycles. The van der Waals surface area contributed by atoms with Gasteiger partial charge in [-0.2, -0.15) is 5.26 Å². The lowest BCUT2D eigenvalue weighted by Gasteiger charge is -2.27. The molecule has 0 atom stereocenters. The summed E-state index contributed by atoms with van der Waals surface area (Å²) in [6, 6.07) is 11.0. The summed E-state index contributed by atoms with van der Waals surface area (Å²) < 4.78 is 41.2. The first-order valence-corrected chi connectivity index (χ1v) is 11.0. The number of benzene rings is 2. The van der Waals surface area contributed by atoms with Crippen LogP contribution in [-0.4, -0.2) is 37.3 Å². The van der Waals surface area contributed by atoms with E-state index in [-0.39, 0.29) is 26.3 Å². The highest BCUT2D eigenvalue weighted by Gasteiger charge is 2.30. The minimum Gasteiger partial charge on any atom is -0.339 e. The Balaban J connectivity index is 1.96. The van der Waals surface area contributed by atoms with Crippen molar-refractivity contribution < 1.29 is 17.6 Å². The molecule has 1 aliphatic heterocycles. The Labute approximate surface area is 173 Å². The summed E-state index contributed by atoms with van der Waals surface area (Å²) in [4.78, 5) is 18.7. The van der Waals surface area contributed by atoms with Crippen molar-refractivity contribution >= 4 is 26.6 Å². The van der Waals surface area contributed by atoms with E-state index in [0.29, 0.717) is 18.7 Å². The van der Waals surface area contributed by atoms with Crippen molar-refractivity contribution in [1.82, 2.24) is 9.88 Å². The lowest BCUT2D eigenvalue weighted by Crippen LogP contribution is -2.36. The van der Waals surface area contributed by atoms with Gasteiger partial charge < -0.3 is 4.90 Å². The van der Waals surface area contributed by atoms with Crippen LogP contribution in [0.1, 0.15) is 35.2 Å². The van der Waals surface area contributed by atoms with Crippen molar-refractivity contribution in [1.29, 1.82) is 5.26 Å². The topological polar surface area (TPSA) is 91.1 Å². The second kappa shape index (κ2) is 7.84. The monoisotopic (exact) mass is 423 g/mol. The molecule has 0 spiro atoms. The molecule has 0 N–H and O–H groups in total. The van der Waals surface area contributed by atoms with Crippen LogP contribution in [0.5, 0.6) is 0 Å². The number of fused-ring (bicyclic) bond motifs is 1. The normalized spacial score (nSPS) is 14.5. The Hall–Kier alpha value is -3.31. The Morgan fingerprint density at radius 1 is 1.07 bits per heavy atom. The van der Waals surface area contributed by atoms with Crippen LogP contribution in [0.3, 0.4) is 0 Å². The number of nitrogens with zero attached hydrogens (tertiary/aromatic N) is 3. The number of halogens is 1. The molecule has 1 saturated heterocycles. The Bertz CT molecular complexity index is 1280. The summed E-state index contributed by atoms with van der Waals surface area (Å²) in [5, 5.41) is 9.04. The maximum Gasteiger partial charge on any atom is 0.256 e. The summed E-state index contributed by atoms with van der Waals surface area (Å²) in [6.07, 6.45) is 3.97. The average molecular weight is 423 g/mol. The number of pyridine rings is 1. The molecule has 0 radical (unpaired) electrons. The third kappa shape index (κ3) is 3.53. The molecule has 30 heavy (non-hydrogen) atoms. The summed E-state index contributed by atoms with van der Waals surface area (Å²) in [6.45, 7) is 1.08. The van der Waals surface area contributed by atoms with Gasteiger partial charge in [0.2, 0.25) is 9.84 Å². The number of hydrogen-bond acceptors (Lipinski definition) is 5. The molecule has 1 fully saturated rings. The number of carbonyl (C=O) groups is 1. The van der Waals surface area contributed by atoms with Crippen molar-refractivity contribution in [2.75, 3.05) is 13.1 Å². The zero-order valence-electron chi connectivity index (χ0n) is 16.0. The number of likely N-dealkylation sites (tertiary alicyclic amines) is 1. The van der Waals surface area contributed by atoms with Gasteiger partial charge in [-0.3, -0.25) is 9.78 Å². The van der Waals surface area contributed by atoms with Crippen LogP contribution in [0.25, 0.3) is 10.9 Å². The van der Waals surface area contributed by atoms with Gasteiger partial charge in [-0.15, -0.1) is 0 Å². The van der Waals surface area contributed by atoms with Gasteiger partial charge in [0.1, 0.15) is 5.82 Å². The molecular weight excluding hydrogens is 405 g/mol. The first-order valence-electron chi connectivity index (χ1n) is 9.54. The number of amides is 1. The fourth-order valence-corrected chi connectivity index (χ4v) is 5.29. The molecule has 152 valence electrons. The molecule has 0 aliphatic carbocycles. The fourth-order valence-electron chi connectivity index (χ4n) is 3.68. The predicted molar refractivity (Wildman–Crippen MR) is 108 cm³/mol. The maximum absolute atomic E-state index is 14.0. The molecule has 2 aromatic carbocycles. The molecular formula is C22H18FN3O3S. The van der Waals surface area contributed by atoms with Crippen LogP contribution in [0.4, 0.5) is 4.39 Å². The zero-order chi connectivity index (χ0) is 21.3. The Morgan fingerprint density at radius 3 is 2.43 bits per heavy atom. The SMILES string of the molecule is N#Cc1ccc(S(=O)(=O)c2c(C(=O)N3CCCCC3)cnc3ccc(F)cc23)cc1. The van der Waals surface area contributed by atoms with Gasteiger partial charge in [0.25, 0.3) is 5.91 Å². The summed E-state index contributed by atoms with van der Waals surface area (Å²) in [5.74, 6) is -1.05. The number of rotatable bonds is 3. The van der Waals surface area contributed by atoms with Crippen LogP contribution in [0, 0.1) is 17.1 Å². The quantitative estimate of drug-likeness (QED) is 0.641. The number of aromatic nitrogens is 1. The molecule has 1 aromatic heterocycles. The lowest BCUT2D eigenvalue weighted by atomic mass is 10.1. The van der Waals surface area contributed by atoms with E-state index in [1.54, 1.807) is 4.90 Å². The van der Waals surface area contributed by atoms with Gasteiger partial charge in [-0.05, 0) is 61.7 Å². The van der Waals surface area contributed by atoms with Crippen molar-refractivity contribution in [2.24, 2.45) is 0 Å². The molecule has 6 nitrogen and oxygen atoms in total. The third-order valence-corrected chi connectivity index (χ3v) is 7.09. The van der Waals surface area contributed by atoms with Gasteiger partial charge in [-0.1, -0.05) is 0 Å². The third-order valence-electron chi connectivity index (χ3n) is 5.22.